The fourth-order valence-corrected chi connectivity index (χ4v) is 3.95. The zero-order valence-corrected chi connectivity index (χ0v) is 18.8. The minimum absolute atomic E-state index is 0.0496. The number of carbonyl (C=O) groups excluding carboxylic acids is 1. The molecule has 5 rings (SSSR count). The number of nitrogens with two attached hydrogens (primary N) is 1. The van der Waals surface area contributed by atoms with Crippen molar-refractivity contribution in [3.63, 3.8) is 0 Å². The van der Waals surface area contributed by atoms with E-state index in [1.807, 2.05) is 19.1 Å². The molecule has 35 heavy (non-hydrogen) atoms. The van der Waals surface area contributed by atoms with Gasteiger partial charge in [0.05, 0.1) is 28.5 Å². The van der Waals surface area contributed by atoms with Crippen LogP contribution in [0.1, 0.15) is 47.4 Å². The van der Waals surface area contributed by atoms with Gasteiger partial charge in [0.15, 0.2) is 0 Å². The second kappa shape index (κ2) is 8.95. The molecule has 9 nitrogen and oxygen atoms in total. The molecule has 3 heterocycles. The summed E-state index contributed by atoms with van der Waals surface area (Å²) in [6.45, 7) is 1.83. The normalized spacial score (nSPS) is 13.7. The third kappa shape index (κ3) is 4.31. The molecular formula is C25H21FN8O. The molecule has 1 aliphatic carbocycles. The second-order valence-corrected chi connectivity index (χ2v) is 8.33. The fraction of sp³-hybridized carbons (Fsp3) is 0.200. The Bertz CT molecular complexity index is 1480. The Hall–Kier alpha value is -4.65. The van der Waals surface area contributed by atoms with Crippen molar-refractivity contribution >= 4 is 28.4 Å². The number of hydrogen-bond donors (Lipinski definition) is 3. The van der Waals surface area contributed by atoms with Gasteiger partial charge < -0.3 is 16.4 Å². The van der Waals surface area contributed by atoms with Gasteiger partial charge in [-0.1, -0.05) is 6.07 Å². The molecule has 1 aliphatic rings. The standard InChI is InChI=1S/C25H21FN8O/c1-13(32-24-17(11-27)23(28)30-12-31-24)22-21(19-4-2-3-9-29-19)20(25(35)33-15-6-7-15)16-10-14(26)5-8-18(16)34-22/h2-5,8-10,12-13,15H,6-7H2,1H3,(H,33,35)(H3,28,30,31,32). The maximum atomic E-state index is 14.3. The summed E-state index contributed by atoms with van der Waals surface area (Å²) in [4.78, 5) is 30.8. The minimum atomic E-state index is -0.532. The number of nitriles is 1. The molecule has 1 saturated carbocycles. The van der Waals surface area contributed by atoms with E-state index in [4.69, 9.17) is 10.7 Å². The molecule has 4 aromatic rings. The van der Waals surface area contributed by atoms with Crippen LogP contribution in [0.25, 0.3) is 22.2 Å². The minimum Gasteiger partial charge on any atom is -0.382 e. The number of fused-ring (bicyclic) bond motifs is 1. The van der Waals surface area contributed by atoms with Crippen molar-refractivity contribution < 1.29 is 9.18 Å². The number of amides is 1. The summed E-state index contributed by atoms with van der Waals surface area (Å²) in [6, 6.07) is 11.1. The van der Waals surface area contributed by atoms with E-state index in [2.05, 4.69) is 25.6 Å². The van der Waals surface area contributed by atoms with Crippen LogP contribution in [0.3, 0.4) is 0 Å². The second-order valence-electron chi connectivity index (χ2n) is 8.33. The first-order valence-corrected chi connectivity index (χ1v) is 11.1. The van der Waals surface area contributed by atoms with Crippen LogP contribution in [0.5, 0.6) is 0 Å². The van der Waals surface area contributed by atoms with Crippen LogP contribution in [0, 0.1) is 17.1 Å². The number of halogens is 1. The SMILES string of the molecule is CC(Nc1ncnc(N)c1C#N)c1nc2ccc(F)cc2c(C(=O)NC2CC2)c1-c1ccccn1. The van der Waals surface area contributed by atoms with E-state index >= 15 is 0 Å². The number of hydrogen-bond acceptors (Lipinski definition) is 8. The van der Waals surface area contributed by atoms with Gasteiger partial charge in [-0.25, -0.2) is 19.3 Å². The monoisotopic (exact) mass is 468 g/mol. The average Bonchev–Trinajstić information content (AvgIpc) is 3.67. The number of carbonyl (C=O) groups is 1. The molecule has 1 amide bonds. The lowest BCUT2D eigenvalue weighted by Gasteiger charge is -2.22. The molecule has 1 fully saturated rings. The lowest BCUT2D eigenvalue weighted by atomic mass is 9.94. The highest BCUT2D eigenvalue weighted by molar-refractivity contribution is 6.12. The van der Waals surface area contributed by atoms with Gasteiger partial charge in [0, 0.05) is 23.2 Å². The number of pyridine rings is 2. The lowest BCUT2D eigenvalue weighted by Crippen LogP contribution is -2.27. The molecule has 0 aliphatic heterocycles. The predicted octanol–water partition coefficient (Wildman–Crippen LogP) is 3.75. The Morgan fingerprint density at radius 3 is 2.77 bits per heavy atom. The summed E-state index contributed by atoms with van der Waals surface area (Å²) >= 11 is 0. The summed E-state index contributed by atoms with van der Waals surface area (Å²) < 4.78 is 14.3. The van der Waals surface area contributed by atoms with Crippen molar-refractivity contribution in [1.29, 1.82) is 5.26 Å². The Kier molecular flexibility index (Phi) is 5.66. The van der Waals surface area contributed by atoms with E-state index in [0.717, 1.165) is 12.8 Å². The van der Waals surface area contributed by atoms with Gasteiger partial charge in [-0.3, -0.25) is 9.78 Å². The Morgan fingerprint density at radius 1 is 1.23 bits per heavy atom. The number of benzene rings is 1. The van der Waals surface area contributed by atoms with Gasteiger partial charge in [-0.2, -0.15) is 5.26 Å². The first kappa shape index (κ1) is 22.2. The zero-order chi connectivity index (χ0) is 24.5. The summed E-state index contributed by atoms with van der Waals surface area (Å²) in [5.74, 6) is -0.498. The summed E-state index contributed by atoms with van der Waals surface area (Å²) in [5, 5.41) is 16.1. The largest absolute Gasteiger partial charge is 0.382 e. The summed E-state index contributed by atoms with van der Waals surface area (Å²) in [5.41, 5.74) is 8.18. The smallest absolute Gasteiger partial charge is 0.252 e. The van der Waals surface area contributed by atoms with Crippen molar-refractivity contribution in [2.45, 2.75) is 31.8 Å². The quantitative estimate of drug-likeness (QED) is 0.388. The van der Waals surface area contributed by atoms with Crippen LogP contribution in [0.4, 0.5) is 16.0 Å². The Morgan fingerprint density at radius 2 is 2.06 bits per heavy atom. The number of nitrogen functional groups attached to an aromatic ring is 1. The van der Waals surface area contributed by atoms with Crippen molar-refractivity contribution in [3.8, 4) is 17.3 Å². The lowest BCUT2D eigenvalue weighted by molar-refractivity contribution is 0.0953. The van der Waals surface area contributed by atoms with E-state index in [-0.39, 0.29) is 29.1 Å². The highest BCUT2D eigenvalue weighted by Gasteiger charge is 2.30. The molecule has 0 spiro atoms. The van der Waals surface area contributed by atoms with Gasteiger partial charge in [-0.05, 0) is 50.1 Å². The Labute approximate surface area is 200 Å². The van der Waals surface area contributed by atoms with Gasteiger partial charge in [0.2, 0.25) is 0 Å². The molecule has 174 valence electrons. The molecular weight excluding hydrogens is 447 g/mol. The third-order valence-corrected chi connectivity index (χ3v) is 5.79. The maximum absolute atomic E-state index is 14.3. The van der Waals surface area contributed by atoms with Crippen LogP contribution < -0.4 is 16.4 Å². The highest BCUT2D eigenvalue weighted by atomic mass is 19.1. The van der Waals surface area contributed by atoms with Crippen molar-refractivity contribution in [3.05, 3.63) is 71.6 Å². The van der Waals surface area contributed by atoms with E-state index < -0.39 is 11.9 Å². The van der Waals surface area contributed by atoms with Gasteiger partial charge in [0.25, 0.3) is 5.91 Å². The van der Waals surface area contributed by atoms with Crippen LogP contribution in [0.2, 0.25) is 0 Å². The summed E-state index contributed by atoms with van der Waals surface area (Å²) in [6.07, 6.45) is 4.68. The highest BCUT2D eigenvalue weighted by Crippen LogP contribution is 2.36. The first-order chi connectivity index (χ1) is 17.0. The fourth-order valence-electron chi connectivity index (χ4n) is 3.95. The number of rotatable bonds is 6. The van der Waals surface area contributed by atoms with Gasteiger partial charge in [0.1, 0.15) is 35.4 Å². The van der Waals surface area contributed by atoms with Crippen LogP contribution in [-0.4, -0.2) is 31.9 Å². The van der Waals surface area contributed by atoms with E-state index in [1.54, 1.807) is 24.4 Å². The first-order valence-electron chi connectivity index (χ1n) is 11.1. The predicted molar refractivity (Wildman–Crippen MR) is 129 cm³/mol. The number of nitrogens with one attached hydrogen (secondary N) is 2. The Balaban J connectivity index is 1.74. The van der Waals surface area contributed by atoms with Gasteiger partial charge >= 0.3 is 0 Å². The van der Waals surface area contributed by atoms with Crippen LogP contribution in [-0.2, 0) is 0 Å². The van der Waals surface area contributed by atoms with Gasteiger partial charge in [-0.15, -0.1) is 0 Å². The van der Waals surface area contributed by atoms with E-state index in [9.17, 15) is 14.4 Å². The van der Waals surface area contributed by atoms with Crippen LogP contribution in [0.15, 0.2) is 48.9 Å². The summed E-state index contributed by atoms with van der Waals surface area (Å²) in [7, 11) is 0. The molecule has 0 saturated heterocycles. The molecule has 3 aromatic heterocycles. The van der Waals surface area contributed by atoms with E-state index in [0.29, 0.717) is 33.4 Å². The molecule has 10 heteroatoms. The zero-order valence-electron chi connectivity index (χ0n) is 18.8. The van der Waals surface area contributed by atoms with Crippen molar-refractivity contribution in [2.75, 3.05) is 11.1 Å². The molecule has 1 aromatic carbocycles. The molecule has 1 atom stereocenters. The molecule has 0 bridgehead atoms. The van der Waals surface area contributed by atoms with E-state index in [1.165, 1.54) is 18.5 Å². The van der Waals surface area contributed by atoms with Crippen molar-refractivity contribution in [1.82, 2.24) is 25.3 Å². The topological polar surface area (TPSA) is 142 Å². The molecule has 0 radical (unpaired) electrons. The van der Waals surface area contributed by atoms with Crippen molar-refractivity contribution in [2.24, 2.45) is 0 Å². The maximum Gasteiger partial charge on any atom is 0.252 e. The molecule has 1 unspecified atom stereocenters. The number of aromatic nitrogens is 4. The number of anilines is 2. The average molecular weight is 468 g/mol. The third-order valence-electron chi connectivity index (χ3n) is 5.79. The number of nitrogens with zero attached hydrogens (tertiary/aromatic N) is 5. The molecule has 4 N–H and O–H groups in total. The van der Waals surface area contributed by atoms with Crippen LogP contribution >= 0.6 is 0 Å².